The number of aromatic amines is 2. The van der Waals surface area contributed by atoms with E-state index in [1.165, 1.54) is 0 Å². The lowest BCUT2D eigenvalue weighted by Crippen LogP contribution is -2.16. The van der Waals surface area contributed by atoms with Crippen molar-refractivity contribution in [3.8, 4) is 45.2 Å². The van der Waals surface area contributed by atoms with Gasteiger partial charge < -0.3 is 9.97 Å². The molecule has 0 saturated carbocycles. The molecule has 2 aromatic carbocycles. The van der Waals surface area contributed by atoms with Gasteiger partial charge in [-0.2, -0.15) is 0 Å². The number of benzene rings is 2. The van der Waals surface area contributed by atoms with E-state index in [0.717, 1.165) is 78.2 Å². The molecule has 8 bridgehead atoms. The van der Waals surface area contributed by atoms with Gasteiger partial charge in [-0.3, -0.25) is 0 Å². The molecule has 2 aliphatic heterocycles. The fraction of sp³-hybridized carbons (Fsp3) is 0.143. The van der Waals surface area contributed by atoms with Crippen LogP contribution in [0.5, 0.6) is 0 Å². The predicted octanol–water partition coefficient (Wildman–Crippen LogP) is 10.4. The Hall–Kier alpha value is -5.41. The molecule has 6 heteroatoms. The standard InChI is InChI=1S/C42H38N4Si2/c1-47(2,3)25-23-29-7-11-31(12-8-29)41-37-19-15-33(43-37)27-35-17-21-39(45-35)42(32-13-9-30(10-14-32)24-26-48(4,5)6)40-22-18-36(46-40)28-34-16-20-38(41)44-34/h7-22,27-28,43-44H,1-6H3. The van der Waals surface area contributed by atoms with Crippen LogP contribution >= 0.6 is 0 Å². The summed E-state index contributed by atoms with van der Waals surface area (Å²) >= 11 is 0. The molecule has 4 nitrogen and oxygen atoms in total. The Bertz CT molecular complexity index is 2310. The van der Waals surface area contributed by atoms with E-state index < -0.39 is 16.1 Å². The van der Waals surface area contributed by atoms with Crippen LogP contribution in [0.1, 0.15) is 33.9 Å². The van der Waals surface area contributed by atoms with Gasteiger partial charge in [0.15, 0.2) is 0 Å². The molecule has 0 unspecified atom stereocenters. The van der Waals surface area contributed by atoms with Crippen molar-refractivity contribution in [1.82, 2.24) is 19.9 Å². The van der Waals surface area contributed by atoms with Gasteiger partial charge in [-0.1, -0.05) is 75.4 Å². The summed E-state index contributed by atoms with van der Waals surface area (Å²) in [5.41, 5.74) is 20.8. The van der Waals surface area contributed by atoms with Gasteiger partial charge in [0.05, 0.1) is 22.8 Å². The van der Waals surface area contributed by atoms with Crippen LogP contribution in [0.25, 0.3) is 68.6 Å². The summed E-state index contributed by atoms with van der Waals surface area (Å²) < 4.78 is 0. The van der Waals surface area contributed by atoms with Crippen LogP contribution in [0.2, 0.25) is 39.3 Å². The fourth-order valence-corrected chi connectivity index (χ4v) is 6.68. The van der Waals surface area contributed by atoms with E-state index in [9.17, 15) is 0 Å². The van der Waals surface area contributed by atoms with Crippen LogP contribution in [0, 0.1) is 22.9 Å². The van der Waals surface area contributed by atoms with Gasteiger partial charge >= 0.3 is 0 Å². The lowest BCUT2D eigenvalue weighted by Gasteiger charge is -2.06. The third-order valence-electron chi connectivity index (χ3n) is 7.91. The summed E-state index contributed by atoms with van der Waals surface area (Å²) in [6.07, 6.45) is 8.31. The van der Waals surface area contributed by atoms with E-state index in [4.69, 9.17) is 9.97 Å². The normalized spacial score (nSPS) is 12.3. The molecule has 5 aromatic rings. The highest BCUT2D eigenvalue weighted by Gasteiger charge is 2.15. The minimum atomic E-state index is -1.46. The molecule has 0 amide bonds. The summed E-state index contributed by atoms with van der Waals surface area (Å²) in [6.45, 7) is 13.6. The Labute approximate surface area is 284 Å². The molecule has 5 heterocycles. The number of rotatable bonds is 2. The van der Waals surface area contributed by atoms with Gasteiger partial charge in [0.2, 0.25) is 0 Å². The minimum Gasteiger partial charge on any atom is -0.355 e. The van der Waals surface area contributed by atoms with Crippen LogP contribution in [0.4, 0.5) is 0 Å². The van der Waals surface area contributed by atoms with Crippen LogP contribution < -0.4 is 0 Å². The molecule has 48 heavy (non-hydrogen) atoms. The summed E-state index contributed by atoms with van der Waals surface area (Å²) in [6, 6.07) is 29.7. The molecular weight excluding hydrogens is 617 g/mol. The maximum Gasteiger partial charge on any atom is 0.129 e. The zero-order chi connectivity index (χ0) is 33.5. The molecule has 0 saturated heterocycles. The highest BCUT2D eigenvalue weighted by Crippen LogP contribution is 2.32. The van der Waals surface area contributed by atoms with Crippen molar-refractivity contribution in [2.75, 3.05) is 0 Å². The second-order valence-electron chi connectivity index (χ2n) is 14.4. The molecular formula is C42H38N4Si2. The van der Waals surface area contributed by atoms with Gasteiger partial charge in [-0.25, -0.2) is 9.97 Å². The number of nitrogens with zero attached hydrogens (tertiary/aromatic N) is 2. The Morgan fingerprint density at radius 1 is 0.479 bits per heavy atom. The summed E-state index contributed by atoms with van der Waals surface area (Å²) in [5.74, 6) is 6.75. The average Bonchev–Trinajstić information content (AvgIpc) is 3.86. The van der Waals surface area contributed by atoms with Gasteiger partial charge in [-0.15, -0.1) is 11.1 Å². The minimum absolute atomic E-state index is 0.882. The quantitative estimate of drug-likeness (QED) is 0.144. The third-order valence-corrected chi connectivity index (χ3v) is 9.66. The number of fused-ring (bicyclic) bond motifs is 8. The predicted molar refractivity (Wildman–Crippen MR) is 210 cm³/mol. The molecule has 3 aromatic heterocycles. The molecule has 0 fully saturated rings. The SMILES string of the molecule is C[Si](C)(C)C#Cc1ccc(-c2c3nc(cc4ccc([nH]4)c(-c4ccc(C#C[Si](C)(C)C)cc4)c4ccc(cc5nc2C=C5)[nH]4)C=C3)cc1. The van der Waals surface area contributed by atoms with E-state index in [1.807, 2.05) is 0 Å². The first-order valence-corrected chi connectivity index (χ1v) is 23.3. The zero-order valence-electron chi connectivity index (χ0n) is 28.3. The van der Waals surface area contributed by atoms with E-state index in [2.05, 4.69) is 181 Å². The van der Waals surface area contributed by atoms with E-state index in [-0.39, 0.29) is 0 Å². The van der Waals surface area contributed by atoms with E-state index >= 15 is 0 Å². The third kappa shape index (κ3) is 7.11. The van der Waals surface area contributed by atoms with Gasteiger partial charge in [0, 0.05) is 44.3 Å². The Balaban J connectivity index is 1.40. The number of aromatic nitrogens is 4. The topological polar surface area (TPSA) is 57.4 Å². The van der Waals surface area contributed by atoms with Crippen molar-refractivity contribution in [3.05, 3.63) is 119 Å². The van der Waals surface area contributed by atoms with Crippen LogP contribution in [0.3, 0.4) is 0 Å². The number of H-pyrrole nitrogens is 2. The van der Waals surface area contributed by atoms with Crippen molar-refractivity contribution in [1.29, 1.82) is 0 Å². The van der Waals surface area contributed by atoms with Crippen molar-refractivity contribution >= 4 is 62.5 Å². The van der Waals surface area contributed by atoms with Crippen LogP contribution in [-0.4, -0.2) is 36.1 Å². The van der Waals surface area contributed by atoms with Crippen molar-refractivity contribution < 1.29 is 0 Å². The Kier molecular flexibility index (Phi) is 8.01. The summed E-state index contributed by atoms with van der Waals surface area (Å²) in [5, 5.41) is 0. The first kappa shape index (κ1) is 31.2. The molecule has 0 radical (unpaired) electrons. The second kappa shape index (κ2) is 12.3. The summed E-state index contributed by atoms with van der Waals surface area (Å²) in [4.78, 5) is 17.5. The zero-order valence-corrected chi connectivity index (χ0v) is 30.3. The maximum absolute atomic E-state index is 5.08. The van der Waals surface area contributed by atoms with Gasteiger partial charge in [0.1, 0.15) is 16.1 Å². The van der Waals surface area contributed by atoms with E-state index in [1.54, 1.807) is 0 Å². The largest absolute Gasteiger partial charge is 0.355 e. The second-order valence-corrected chi connectivity index (χ2v) is 23.9. The van der Waals surface area contributed by atoms with Crippen molar-refractivity contribution in [2.45, 2.75) is 39.3 Å². The Morgan fingerprint density at radius 2 is 0.896 bits per heavy atom. The molecule has 7 rings (SSSR count). The monoisotopic (exact) mass is 654 g/mol. The van der Waals surface area contributed by atoms with Crippen molar-refractivity contribution in [2.24, 2.45) is 0 Å². The maximum atomic E-state index is 5.08. The highest BCUT2D eigenvalue weighted by atomic mass is 28.3. The van der Waals surface area contributed by atoms with Crippen molar-refractivity contribution in [3.63, 3.8) is 0 Å². The first-order chi connectivity index (χ1) is 23.0. The number of hydrogen-bond acceptors (Lipinski definition) is 2. The van der Waals surface area contributed by atoms with E-state index in [0.29, 0.717) is 0 Å². The lowest BCUT2D eigenvalue weighted by atomic mass is 10.0. The molecule has 0 aliphatic carbocycles. The van der Waals surface area contributed by atoms with Gasteiger partial charge in [0.25, 0.3) is 0 Å². The average molecular weight is 655 g/mol. The lowest BCUT2D eigenvalue weighted by molar-refractivity contribution is 1.28. The highest BCUT2D eigenvalue weighted by molar-refractivity contribution is 6.84. The molecule has 0 spiro atoms. The summed E-state index contributed by atoms with van der Waals surface area (Å²) in [7, 11) is -2.92. The molecule has 234 valence electrons. The smallest absolute Gasteiger partial charge is 0.129 e. The van der Waals surface area contributed by atoms with Gasteiger partial charge in [-0.05, 0) is 96.1 Å². The molecule has 2 aliphatic rings. The fourth-order valence-electron chi connectivity index (χ4n) is 5.64. The first-order valence-electron chi connectivity index (χ1n) is 16.3. The van der Waals surface area contributed by atoms with Crippen LogP contribution in [0.15, 0.2) is 84.9 Å². The van der Waals surface area contributed by atoms with Crippen LogP contribution in [-0.2, 0) is 0 Å². The molecule has 0 atom stereocenters. The number of nitrogens with one attached hydrogen (secondary N) is 2. The Morgan fingerprint density at radius 3 is 1.31 bits per heavy atom. The molecule has 2 N–H and O–H groups in total. The number of hydrogen-bond donors (Lipinski definition) is 2.